The summed E-state index contributed by atoms with van der Waals surface area (Å²) < 4.78 is 31.5. The van der Waals surface area contributed by atoms with Crippen LogP contribution in [0.15, 0.2) is 34.3 Å². The lowest BCUT2D eigenvalue weighted by molar-refractivity contribution is 0.0355. The Balaban J connectivity index is 2.23. The first-order valence-corrected chi connectivity index (χ1v) is 7.55. The Morgan fingerprint density at radius 1 is 1.45 bits per heavy atom. The Morgan fingerprint density at radius 2 is 2.10 bits per heavy atom. The standard InChI is InChI=1S/C12H17N3O4S/c1-9-2-4-10(5-3-9)20(17,18)15-6-7-19-11(8-15)12(13)14-16/h2-5,11,16H,6-8H2,1H3,(H2,13,14). The van der Waals surface area contributed by atoms with E-state index < -0.39 is 16.1 Å². The molecule has 8 heteroatoms. The summed E-state index contributed by atoms with van der Waals surface area (Å²) in [5.74, 6) is -0.131. The van der Waals surface area contributed by atoms with Crippen LogP contribution in [-0.2, 0) is 14.8 Å². The molecule has 1 fully saturated rings. The van der Waals surface area contributed by atoms with Crippen molar-refractivity contribution in [3.63, 3.8) is 0 Å². The molecule has 0 aromatic heterocycles. The van der Waals surface area contributed by atoms with Crippen molar-refractivity contribution in [3.05, 3.63) is 29.8 Å². The first-order valence-electron chi connectivity index (χ1n) is 6.11. The summed E-state index contributed by atoms with van der Waals surface area (Å²) in [4.78, 5) is 0.225. The third-order valence-corrected chi connectivity index (χ3v) is 5.01. The Labute approximate surface area is 117 Å². The minimum atomic E-state index is -3.59. The predicted molar refractivity (Wildman–Crippen MR) is 73.1 cm³/mol. The van der Waals surface area contributed by atoms with Gasteiger partial charge in [0.1, 0.15) is 6.10 Å². The second-order valence-corrected chi connectivity index (χ2v) is 6.50. The zero-order valence-electron chi connectivity index (χ0n) is 11.1. The number of hydrogen-bond donors (Lipinski definition) is 2. The zero-order chi connectivity index (χ0) is 14.8. The molecule has 1 aromatic carbocycles. The van der Waals surface area contributed by atoms with E-state index in [1.807, 2.05) is 6.92 Å². The Bertz CT molecular complexity index is 598. The number of ether oxygens (including phenoxy) is 1. The molecule has 1 atom stereocenters. The molecule has 1 saturated heterocycles. The summed E-state index contributed by atoms with van der Waals surface area (Å²) >= 11 is 0. The number of hydrogen-bond acceptors (Lipinski definition) is 5. The van der Waals surface area contributed by atoms with Crippen molar-refractivity contribution >= 4 is 15.9 Å². The van der Waals surface area contributed by atoms with Crippen LogP contribution in [0.25, 0.3) is 0 Å². The summed E-state index contributed by atoms with van der Waals surface area (Å²) in [5, 5.41) is 11.5. The first kappa shape index (κ1) is 14.8. The molecule has 1 aliphatic rings. The molecule has 7 nitrogen and oxygen atoms in total. The number of amidine groups is 1. The molecule has 1 aromatic rings. The van der Waals surface area contributed by atoms with E-state index in [0.29, 0.717) is 0 Å². The average molecular weight is 299 g/mol. The third-order valence-electron chi connectivity index (χ3n) is 3.13. The van der Waals surface area contributed by atoms with E-state index in [4.69, 9.17) is 15.7 Å². The van der Waals surface area contributed by atoms with Crippen LogP contribution in [0.2, 0.25) is 0 Å². The van der Waals surface area contributed by atoms with Gasteiger partial charge in [0.2, 0.25) is 10.0 Å². The second-order valence-electron chi connectivity index (χ2n) is 4.56. The second kappa shape index (κ2) is 5.78. The van der Waals surface area contributed by atoms with Gasteiger partial charge in [-0.05, 0) is 19.1 Å². The van der Waals surface area contributed by atoms with Crippen molar-refractivity contribution < 1.29 is 18.4 Å². The van der Waals surface area contributed by atoms with Crippen molar-refractivity contribution in [3.8, 4) is 0 Å². The lowest BCUT2D eigenvalue weighted by Gasteiger charge is -2.31. The maximum atomic E-state index is 12.5. The molecule has 0 radical (unpaired) electrons. The van der Waals surface area contributed by atoms with E-state index in [0.717, 1.165) is 5.56 Å². The Morgan fingerprint density at radius 3 is 2.70 bits per heavy atom. The molecule has 0 amide bonds. The fourth-order valence-corrected chi connectivity index (χ4v) is 3.37. The molecule has 3 N–H and O–H groups in total. The van der Waals surface area contributed by atoms with Gasteiger partial charge in [0.15, 0.2) is 5.84 Å². The molecule has 1 aliphatic heterocycles. The maximum Gasteiger partial charge on any atom is 0.243 e. The van der Waals surface area contributed by atoms with Crippen LogP contribution in [0.3, 0.4) is 0 Å². The lowest BCUT2D eigenvalue weighted by atomic mass is 10.2. The SMILES string of the molecule is Cc1ccc(S(=O)(=O)N2CCOC(C(N)=NO)C2)cc1. The number of oxime groups is 1. The van der Waals surface area contributed by atoms with Crippen LogP contribution in [-0.4, -0.2) is 49.6 Å². The predicted octanol–water partition coefficient (Wildman–Crippen LogP) is 0.131. The van der Waals surface area contributed by atoms with E-state index in [1.54, 1.807) is 24.3 Å². The lowest BCUT2D eigenvalue weighted by Crippen LogP contribution is -2.50. The fourth-order valence-electron chi connectivity index (χ4n) is 1.95. The third kappa shape index (κ3) is 2.92. The first-order chi connectivity index (χ1) is 9.45. The highest BCUT2D eigenvalue weighted by molar-refractivity contribution is 7.89. The van der Waals surface area contributed by atoms with Gasteiger partial charge in [0, 0.05) is 13.1 Å². The number of aryl methyl sites for hydroxylation is 1. The van der Waals surface area contributed by atoms with Gasteiger partial charge >= 0.3 is 0 Å². The van der Waals surface area contributed by atoms with Gasteiger partial charge in [-0.25, -0.2) is 8.42 Å². The highest BCUT2D eigenvalue weighted by atomic mass is 32.2. The van der Waals surface area contributed by atoms with Crippen LogP contribution in [0, 0.1) is 6.92 Å². The molecule has 2 rings (SSSR count). The zero-order valence-corrected chi connectivity index (χ0v) is 11.9. The average Bonchev–Trinajstić information content (AvgIpc) is 2.47. The molecule has 1 unspecified atom stereocenters. The summed E-state index contributed by atoms with van der Waals surface area (Å²) in [6.45, 7) is 2.36. The molecule has 0 spiro atoms. The van der Waals surface area contributed by atoms with Gasteiger partial charge < -0.3 is 15.7 Å². The van der Waals surface area contributed by atoms with Crippen molar-refractivity contribution in [1.29, 1.82) is 0 Å². The van der Waals surface area contributed by atoms with Gasteiger partial charge in [-0.2, -0.15) is 4.31 Å². The van der Waals surface area contributed by atoms with Gasteiger partial charge in [-0.3, -0.25) is 0 Å². The van der Waals surface area contributed by atoms with Crippen LogP contribution >= 0.6 is 0 Å². The molecule has 0 bridgehead atoms. The monoisotopic (exact) mass is 299 g/mol. The Hall–Kier alpha value is -1.64. The minimum absolute atomic E-state index is 0.0338. The van der Waals surface area contributed by atoms with E-state index >= 15 is 0 Å². The van der Waals surface area contributed by atoms with Crippen molar-refractivity contribution in [2.75, 3.05) is 19.7 Å². The molecule has 0 saturated carbocycles. The fraction of sp³-hybridized carbons (Fsp3) is 0.417. The normalized spacial score (nSPS) is 21.9. The van der Waals surface area contributed by atoms with Crippen LogP contribution in [0.4, 0.5) is 0 Å². The Kier molecular flexibility index (Phi) is 4.26. The molecule has 110 valence electrons. The molecule has 1 heterocycles. The largest absolute Gasteiger partial charge is 0.409 e. The molecule has 0 aliphatic carbocycles. The quantitative estimate of drug-likeness (QED) is 0.357. The van der Waals surface area contributed by atoms with E-state index in [-0.39, 0.29) is 30.4 Å². The number of nitrogens with zero attached hydrogens (tertiary/aromatic N) is 2. The van der Waals surface area contributed by atoms with E-state index in [9.17, 15) is 8.42 Å². The van der Waals surface area contributed by atoms with Gasteiger partial charge in [-0.1, -0.05) is 22.9 Å². The molecular weight excluding hydrogens is 282 g/mol. The summed E-state index contributed by atoms with van der Waals surface area (Å²) in [7, 11) is -3.59. The van der Waals surface area contributed by atoms with Crippen LogP contribution in [0.1, 0.15) is 5.56 Å². The number of benzene rings is 1. The van der Waals surface area contributed by atoms with Gasteiger partial charge in [0.25, 0.3) is 0 Å². The van der Waals surface area contributed by atoms with E-state index in [2.05, 4.69) is 5.16 Å². The van der Waals surface area contributed by atoms with Gasteiger partial charge in [-0.15, -0.1) is 0 Å². The van der Waals surface area contributed by atoms with E-state index in [1.165, 1.54) is 4.31 Å². The van der Waals surface area contributed by atoms with Crippen molar-refractivity contribution in [1.82, 2.24) is 4.31 Å². The summed E-state index contributed by atoms with van der Waals surface area (Å²) in [6.07, 6.45) is -0.728. The number of rotatable bonds is 3. The highest BCUT2D eigenvalue weighted by Gasteiger charge is 2.32. The van der Waals surface area contributed by atoms with Crippen molar-refractivity contribution in [2.24, 2.45) is 10.9 Å². The number of sulfonamides is 1. The van der Waals surface area contributed by atoms with Crippen LogP contribution in [0.5, 0.6) is 0 Å². The number of nitrogens with two attached hydrogens (primary N) is 1. The molecular formula is C12H17N3O4S. The summed E-state index contributed by atoms with van der Waals surface area (Å²) in [5.41, 5.74) is 6.45. The highest BCUT2D eigenvalue weighted by Crippen LogP contribution is 2.19. The van der Waals surface area contributed by atoms with Gasteiger partial charge in [0.05, 0.1) is 11.5 Å². The topological polar surface area (TPSA) is 105 Å². The van der Waals surface area contributed by atoms with Crippen LogP contribution < -0.4 is 5.73 Å². The smallest absolute Gasteiger partial charge is 0.243 e. The maximum absolute atomic E-state index is 12.5. The van der Waals surface area contributed by atoms with Crippen molar-refractivity contribution in [2.45, 2.75) is 17.9 Å². The minimum Gasteiger partial charge on any atom is -0.409 e. The number of morpholine rings is 1. The molecule has 20 heavy (non-hydrogen) atoms. The summed E-state index contributed by atoms with van der Waals surface area (Å²) in [6, 6.07) is 6.62.